The molecule has 11 nitrogen and oxygen atoms in total. The van der Waals surface area contributed by atoms with Gasteiger partial charge in [0, 0.05) is 30.3 Å². The summed E-state index contributed by atoms with van der Waals surface area (Å²) in [5.74, 6) is -0.407. The van der Waals surface area contributed by atoms with Gasteiger partial charge in [0.2, 0.25) is 5.91 Å². The maximum atomic E-state index is 11.6. The smallest absolute Gasteiger partial charge is 0.217 e. The van der Waals surface area contributed by atoms with E-state index in [0.717, 1.165) is 10.9 Å². The summed E-state index contributed by atoms with van der Waals surface area (Å²) in [5, 5.41) is 41.6. The largest absolute Gasteiger partial charge is 0.394 e. The van der Waals surface area contributed by atoms with Crippen LogP contribution in [0.4, 0.5) is 0 Å². The molecular weight excluding hydrogens is 368 g/mol. The Labute approximate surface area is 159 Å². The molecule has 1 amide bonds. The van der Waals surface area contributed by atoms with Crippen LogP contribution in [0.3, 0.4) is 0 Å². The number of H-pyrrole nitrogens is 1. The molecule has 11 heteroatoms. The molecule has 148 valence electrons. The molecule has 0 aromatic carbocycles. The van der Waals surface area contributed by atoms with Crippen LogP contribution in [-0.4, -0.2) is 77.1 Å². The lowest BCUT2D eigenvalue weighted by atomic mass is 9.96. The number of hydrogen-bond donors (Lipinski definition) is 5. The molecular formula is C17H20N6O5. The van der Waals surface area contributed by atoms with E-state index in [1.165, 1.54) is 11.6 Å². The molecule has 3 aromatic rings. The molecule has 1 fully saturated rings. The van der Waals surface area contributed by atoms with E-state index in [1.807, 2.05) is 12.1 Å². The second-order valence-corrected chi connectivity index (χ2v) is 6.64. The van der Waals surface area contributed by atoms with Gasteiger partial charge in [0.05, 0.1) is 12.8 Å². The fourth-order valence-electron chi connectivity index (χ4n) is 3.41. The highest BCUT2D eigenvalue weighted by Gasteiger charge is 2.46. The predicted octanol–water partition coefficient (Wildman–Crippen LogP) is -1.06. The van der Waals surface area contributed by atoms with E-state index in [1.54, 1.807) is 18.6 Å². The van der Waals surface area contributed by atoms with Crippen LogP contribution in [0.5, 0.6) is 0 Å². The van der Waals surface area contributed by atoms with Crippen LogP contribution in [0.2, 0.25) is 0 Å². The Bertz CT molecular complexity index is 987. The first-order valence-electron chi connectivity index (χ1n) is 8.73. The molecule has 1 aliphatic rings. The van der Waals surface area contributed by atoms with Crippen LogP contribution >= 0.6 is 0 Å². The SMILES string of the molecule is CC(=O)N[C@@H]1[C@@H](O)[C@H](O)[C@@H](CO)O[C@H]1n1cc(-c2c[nH]c3ncccc23)nn1. The van der Waals surface area contributed by atoms with E-state index in [2.05, 4.69) is 25.6 Å². The van der Waals surface area contributed by atoms with Gasteiger partial charge in [-0.05, 0) is 12.1 Å². The minimum Gasteiger partial charge on any atom is -0.394 e. The zero-order chi connectivity index (χ0) is 19.8. The monoisotopic (exact) mass is 388 g/mol. The molecule has 0 saturated carbocycles. The lowest BCUT2D eigenvalue weighted by Crippen LogP contribution is -2.62. The molecule has 1 saturated heterocycles. The maximum absolute atomic E-state index is 11.6. The Morgan fingerprint density at radius 2 is 2.21 bits per heavy atom. The second kappa shape index (κ2) is 7.28. The van der Waals surface area contributed by atoms with Gasteiger partial charge < -0.3 is 30.4 Å². The second-order valence-electron chi connectivity index (χ2n) is 6.64. The van der Waals surface area contributed by atoms with Crippen LogP contribution in [0.15, 0.2) is 30.7 Å². The summed E-state index contributed by atoms with van der Waals surface area (Å²) in [6.45, 7) is 0.789. The highest BCUT2D eigenvalue weighted by molar-refractivity contribution is 5.92. The predicted molar refractivity (Wildman–Crippen MR) is 95.7 cm³/mol. The average molecular weight is 388 g/mol. The normalized spacial score (nSPS) is 27.8. The first-order chi connectivity index (χ1) is 13.5. The van der Waals surface area contributed by atoms with Crippen molar-refractivity contribution in [2.75, 3.05) is 6.61 Å². The maximum Gasteiger partial charge on any atom is 0.217 e. The minimum atomic E-state index is -1.36. The number of nitrogens with one attached hydrogen (secondary N) is 2. The van der Waals surface area contributed by atoms with E-state index < -0.39 is 43.1 Å². The van der Waals surface area contributed by atoms with Crippen molar-refractivity contribution < 1.29 is 24.9 Å². The van der Waals surface area contributed by atoms with Gasteiger partial charge in [0.15, 0.2) is 6.23 Å². The number of amides is 1. The van der Waals surface area contributed by atoms with Crippen molar-refractivity contribution >= 4 is 16.9 Å². The standard InChI is InChI=1S/C17H20N6O5/c1-8(25)20-13-15(27)14(26)12(7-24)28-17(13)23-6-11(21-22-23)10-5-19-16-9(10)3-2-4-18-16/h2-6,12-15,17,24,26-27H,7H2,1H3,(H,18,19)(H,20,25)/t12-,13-,14-,15-,17-/m1/s1. The number of aromatic amines is 1. The van der Waals surface area contributed by atoms with Crippen molar-refractivity contribution in [1.82, 2.24) is 30.3 Å². The Morgan fingerprint density at radius 1 is 1.39 bits per heavy atom. The van der Waals surface area contributed by atoms with Gasteiger partial charge in [-0.25, -0.2) is 9.67 Å². The number of carbonyl (C=O) groups excluding carboxylic acids is 1. The molecule has 0 aliphatic carbocycles. The van der Waals surface area contributed by atoms with E-state index >= 15 is 0 Å². The zero-order valence-electron chi connectivity index (χ0n) is 14.9. The number of carbonyl (C=O) groups is 1. The molecule has 5 atom stereocenters. The number of pyridine rings is 1. The van der Waals surface area contributed by atoms with Crippen molar-refractivity contribution in [3.05, 3.63) is 30.7 Å². The lowest BCUT2D eigenvalue weighted by Gasteiger charge is -2.42. The third-order valence-electron chi connectivity index (χ3n) is 4.77. The molecule has 4 heterocycles. The molecule has 1 aliphatic heterocycles. The minimum absolute atomic E-state index is 0.407. The van der Waals surface area contributed by atoms with Crippen LogP contribution in [0.1, 0.15) is 13.2 Å². The Hall–Kier alpha value is -2.86. The third kappa shape index (κ3) is 3.14. The average Bonchev–Trinajstić information content (AvgIpc) is 3.32. The van der Waals surface area contributed by atoms with E-state index in [-0.39, 0.29) is 0 Å². The van der Waals surface area contributed by atoms with Crippen LogP contribution in [-0.2, 0) is 9.53 Å². The number of hydrogen-bond acceptors (Lipinski definition) is 8. The van der Waals surface area contributed by atoms with E-state index in [9.17, 15) is 20.1 Å². The highest BCUT2D eigenvalue weighted by atomic mass is 16.5. The van der Waals surface area contributed by atoms with Gasteiger partial charge in [0.25, 0.3) is 0 Å². The van der Waals surface area contributed by atoms with Crippen molar-refractivity contribution in [2.45, 2.75) is 37.5 Å². The van der Waals surface area contributed by atoms with Crippen molar-refractivity contribution in [2.24, 2.45) is 0 Å². The Morgan fingerprint density at radius 3 is 2.96 bits per heavy atom. The van der Waals surface area contributed by atoms with E-state index in [4.69, 9.17) is 4.74 Å². The van der Waals surface area contributed by atoms with E-state index in [0.29, 0.717) is 11.3 Å². The van der Waals surface area contributed by atoms with Gasteiger partial charge in [-0.2, -0.15) is 0 Å². The molecule has 0 spiro atoms. The molecule has 0 bridgehead atoms. The van der Waals surface area contributed by atoms with Crippen molar-refractivity contribution in [3.8, 4) is 11.3 Å². The first kappa shape index (κ1) is 18.5. The van der Waals surface area contributed by atoms with Gasteiger partial charge in [0.1, 0.15) is 35.7 Å². The molecule has 4 rings (SSSR count). The number of ether oxygens (including phenoxy) is 1. The number of rotatable bonds is 4. The number of aliphatic hydroxyl groups excluding tert-OH is 3. The third-order valence-corrected chi connectivity index (χ3v) is 4.77. The fraction of sp³-hybridized carbons (Fsp3) is 0.412. The summed E-state index contributed by atoms with van der Waals surface area (Å²) in [6.07, 6.45) is 0.321. The van der Waals surface area contributed by atoms with Crippen LogP contribution in [0, 0.1) is 0 Å². The molecule has 28 heavy (non-hydrogen) atoms. The van der Waals surface area contributed by atoms with Crippen molar-refractivity contribution in [1.29, 1.82) is 0 Å². The first-order valence-corrected chi connectivity index (χ1v) is 8.73. The summed E-state index contributed by atoms with van der Waals surface area (Å²) in [7, 11) is 0. The molecule has 0 unspecified atom stereocenters. The Balaban J connectivity index is 1.69. The van der Waals surface area contributed by atoms with Gasteiger partial charge in [-0.15, -0.1) is 5.10 Å². The summed E-state index contributed by atoms with van der Waals surface area (Å²) < 4.78 is 7.05. The number of fused-ring (bicyclic) bond motifs is 1. The number of aliphatic hydroxyl groups is 3. The highest BCUT2D eigenvalue weighted by Crippen LogP contribution is 2.30. The molecule has 5 N–H and O–H groups in total. The van der Waals surface area contributed by atoms with Gasteiger partial charge in [-0.3, -0.25) is 4.79 Å². The van der Waals surface area contributed by atoms with Crippen LogP contribution < -0.4 is 5.32 Å². The quantitative estimate of drug-likeness (QED) is 0.378. The Kier molecular flexibility index (Phi) is 4.81. The summed E-state index contributed by atoms with van der Waals surface area (Å²) in [5.41, 5.74) is 2.02. The van der Waals surface area contributed by atoms with Gasteiger partial charge >= 0.3 is 0 Å². The number of aromatic nitrogens is 5. The summed E-state index contributed by atoms with van der Waals surface area (Å²) in [4.78, 5) is 18.9. The fourth-order valence-corrected chi connectivity index (χ4v) is 3.41. The van der Waals surface area contributed by atoms with Crippen molar-refractivity contribution in [3.63, 3.8) is 0 Å². The van der Waals surface area contributed by atoms with Gasteiger partial charge in [-0.1, -0.05) is 5.21 Å². The number of nitrogens with zero attached hydrogens (tertiary/aromatic N) is 4. The molecule has 0 radical (unpaired) electrons. The summed E-state index contributed by atoms with van der Waals surface area (Å²) >= 11 is 0. The topological polar surface area (TPSA) is 158 Å². The lowest BCUT2D eigenvalue weighted by molar-refractivity contribution is -0.219. The zero-order valence-corrected chi connectivity index (χ0v) is 14.9. The molecule has 3 aromatic heterocycles. The van der Waals surface area contributed by atoms with Crippen LogP contribution in [0.25, 0.3) is 22.3 Å². The summed E-state index contributed by atoms with van der Waals surface area (Å²) in [6, 6.07) is 2.73.